The van der Waals surface area contributed by atoms with Crippen LogP contribution in [0.15, 0.2) is 59.4 Å². The summed E-state index contributed by atoms with van der Waals surface area (Å²) in [6.07, 6.45) is -4.43. The molecule has 140 valence electrons. The van der Waals surface area contributed by atoms with Crippen LogP contribution in [0.3, 0.4) is 0 Å². The topological polar surface area (TPSA) is 68.5 Å². The standard InChI is InChI=1S/C19H14F3NO4/c20-19(21,22)27-14-7-5-12(6-8-14)9-10-23-16-4-2-1-3-13(16)11-15(17(23)24)18(25)26/h1-8,11H,9-10H2,(H,25,26). The molecule has 27 heavy (non-hydrogen) atoms. The van der Waals surface area contributed by atoms with E-state index in [4.69, 9.17) is 0 Å². The Balaban J connectivity index is 1.88. The van der Waals surface area contributed by atoms with Gasteiger partial charge >= 0.3 is 12.3 Å². The fourth-order valence-corrected chi connectivity index (χ4v) is 2.80. The maximum Gasteiger partial charge on any atom is 0.573 e. The molecule has 0 saturated heterocycles. The lowest BCUT2D eigenvalue weighted by atomic mass is 10.1. The van der Waals surface area contributed by atoms with Gasteiger partial charge in [-0.25, -0.2) is 4.79 Å². The number of nitrogens with zero attached hydrogens (tertiary/aromatic N) is 1. The highest BCUT2D eigenvalue weighted by molar-refractivity contribution is 5.92. The molecule has 3 aromatic rings. The van der Waals surface area contributed by atoms with Gasteiger partial charge in [0.1, 0.15) is 11.3 Å². The van der Waals surface area contributed by atoms with Gasteiger partial charge in [0.15, 0.2) is 0 Å². The molecule has 0 aliphatic rings. The molecule has 8 heteroatoms. The van der Waals surface area contributed by atoms with Crippen molar-refractivity contribution >= 4 is 16.9 Å². The molecule has 1 heterocycles. The molecule has 0 fully saturated rings. The number of fused-ring (bicyclic) bond motifs is 1. The summed E-state index contributed by atoms with van der Waals surface area (Å²) >= 11 is 0. The molecule has 2 aromatic carbocycles. The number of para-hydroxylation sites is 1. The van der Waals surface area contributed by atoms with E-state index in [1.54, 1.807) is 24.3 Å². The first-order valence-corrected chi connectivity index (χ1v) is 7.95. The second-order valence-electron chi connectivity index (χ2n) is 5.82. The largest absolute Gasteiger partial charge is 0.573 e. The monoisotopic (exact) mass is 377 g/mol. The van der Waals surface area contributed by atoms with Crippen molar-refractivity contribution in [3.63, 3.8) is 0 Å². The van der Waals surface area contributed by atoms with Crippen molar-refractivity contribution in [3.8, 4) is 5.75 Å². The Labute approximate surface area is 151 Å². The van der Waals surface area contributed by atoms with Crippen molar-refractivity contribution in [3.05, 3.63) is 76.1 Å². The average Bonchev–Trinajstić information content (AvgIpc) is 2.60. The fraction of sp³-hybridized carbons (Fsp3) is 0.158. The quantitative estimate of drug-likeness (QED) is 0.734. The highest BCUT2D eigenvalue weighted by Gasteiger charge is 2.30. The molecule has 0 saturated carbocycles. The zero-order valence-corrected chi connectivity index (χ0v) is 13.9. The van der Waals surface area contributed by atoms with E-state index in [1.807, 2.05) is 0 Å². The minimum Gasteiger partial charge on any atom is -0.477 e. The number of rotatable bonds is 5. The first-order chi connectivity index (χ1) is 12.7. The van der Waals surface area contributed by atoms with Crippen LogP contribution in [0.25, 0.3) is 10.9 Å². The van der Waals surface area contributed by atoms with Crippen molar-refractivity contribution < 1.29 is 27.8 Å². The zero-order valence-electron chi connectivity index (χ0n) is 13.9. The molecule has 0 bridgehead atoms. The third kappa shape index (κ3) is 4.28. The highest BCUT2D eigenvalue weighted by Crippen LogP contribution is 2.23. The Bertz CT molecular complexity index is 1040. The highest BCUT2D eigenvalue weighted by atomic mass is 19.4. The molecule has 0 amide bonds. The van der Waals surface area contributed by atoms with Crippen LogP contribution in [0.2, 0.25) is 0 Å². The van der Waals surface area contributed by atoms with Crippen LogP contribution >= 0.6 is 0 Å². The molecular weight excluding hydrogens is 363 g/mol. The average molecular weight is 377 g/mol. The van der Waals surface area contributed by atoms with E-state index >= 15 is 0 Å². The van der Waals surface area contributed by atoms with Gasteiger partial charge in [-0.05, 0) is 41.6 Å². The van der Waals surface area contributed by atoms with Gasteiger partial charge in [0.05, 0.1) is 5.52 Å². The van der Waals surface area contributed by atoms with Crippen molar-refractivity contribution in [2.75, 3.05) is 0 Å². The summed E-state index contributed by atoms with van der Waals surface area (Å²) in [6, 6.07) is 13.5. The molecule has 0 spiro atoms. The molecule has 1 aromatic heterocycles. The third-order valence-electron chi connectivity index (χ3n) is 4.01. The maximum absolute atomic E-state index is 12.5. The van der Waals surface area contributed by atoms with Crippen molar-refractivity contribution in [1.29, 1.82) is 0 Å². The minimum absolute atomic E-state index is 0.180. The Morgan fingerprint density at radius 2 is 1.74 bits per heavy atom. The van der Waals surface area contributed by atoms with Crippen LogP contribution in [-0.4, -0.2) is 22.0 Å². The number of ether oxygens (including phenoxy) is 1. The maximum atomic E-state index is 12.5. The molecule has 0 aliphatic carbocycles. The van der Waals surface area contributed by atoms with Gasteiger partial charge < -0.3 is 14.4 Å². The normalized spacial score (nSPS) is 11.5. The number of hydrogen-bond donors (Lipinski definition) is 1. The number of aromatic nitrogens is 1. The van der Waals surface area contributed by atoms with Gasteiger partial charge in [0, 0.05) is 6.54 Å². The van der Waals surface area contributed by atoms with E-state index in [-0.39, 0.29) is 17.9 Å². The molecule has 0 unspecified atom stereocenters. The summed E-state index contributed by atoms with van der Waals surface area (Å²) in [7, 11) is 0. The summed E-state index contributed by atoms with van der Waals surface area (Å²) in [6.45, 7) is 0.180. The van der Waals surface area contributed by atoms with Crippen molar-refractivity contribution in [2.45, 2.75) is 19.3 Å². The molecule has 3 rings (SSSR count). The van der Waals surface area contributed by atoms with E-state index in [0.717, 1.165) is 0 Å². The fourth-order valence-electron chi connectivity index (χ4n) is 2.80. The SMILES string of the molecule is O=C(O)c1cc2ccccc2n(CCc2ccc(OC(F)(F)F)cc2)c1=O. The van der Waals surface area contributed by atoms with Gasteiger partial charge in [-0.2, -0.15) is 0 Å². The smallest absolute Gasteiger partial charge is 0.477 e. The number of halogens is 3. The number of carbonyl (C=O) groups is 1. The van der Waals surface area contributed by atoms with Crippen LogP contribution < -0.4 is 10.3 Å². The van der Waals surface area contributed by atoms with Gasteiger partial charge in [-0.15, -0.1) is 13.2 Å². The first-order valence-electron chi connectivity index (χ1n) is 7.95. The van der Waals surface area contributed by atoms with Crippen LogP contribution in [0, 0.1) is 0 Å². The van der Waals surface area contributed by atoms with Crippen LogP contribution in [0.1, 0.15) is 15.9 Å². The number of alkyl halides is 3. The predicted octanol–water partition coefficient (Wildman–Crippen LogP) is 3.84. The van der Waals surface area contributed by atoms with Crippen molar-refractivity contribution in [1.82, 2.24) is 4.57 Å². The Morgan fingerprint density at radius 1 is 1.07 bits per heavy atom. The number of aromatic carboxylic acids is 1. The molecule has 0 radical (unpaired) electrons. The van der Waals surface area contributed by atoms with E-state index < -0.39 is 17.9 Å². The zero-order chi connectivity index (χ0) is 19.6. The number of benzene rings is 2. The Morgan fingerprint density at radius 3 is 2.37 bits per heavy atom. The van der Waals surface area contributed by atoms with Crippen LogP contribution in [0.4, 0.5) is 13.2 Å². The van der Waals surface area contributed by atoms with Gasteiger partial charge in [0.25, 0.3) is 5.56 Å². The molecule has 5 nitrogen and oxygen atoms in total. The van der Waals surface area contributed by atoms with Crippen molar-refractivity contribution in [2.24, 2.45) is 0 Å². The lowest BCUT2D eigenvalue weighted by Crippen LogP contribution is -2.27. The number of carboxylic acid groups (broad SMARTS) is 1. The second-order valence-corrected chi connectivity index (χ2v) is 5.82. The number of hydrogen-bond acceptors (Lipinski definition) is 3. The second kappa shape index (κ2) is 7.14. The molecular formula is C19H14F3NO4. The Kier molecular flexibility index (Phi) is 4.89. The summed E-state index contributed by atoms with van der Waals surface area (Å²) in [5.74, 6) is -1.64. The lowest BCUT2D eigenvalue weighted by Gasteiger charge is -2.12. The molecule has 0 aliphatic heterocycles. The van der Waals surface area contributed by atoms with E-state index in [9.17, 15) is 27.9 Å². The molecule has 0 atom stereocenters. The Hall–Kier alpha value is -3.29. The lowest BCUT2D eigenvalue weighted by molar-refractivity contribution is -0.274. The van der Waals surface area contributed by atoms with Crippen LogP contribution in [-0.2, 0) is 13.0 Å². The number of aryl methyl sites for hydroxylation is 2. The van der Waals surface area contributed by atoms with E-state index in [1.165, 1.54) is 34.9 Å². The minimum atomic E-state index is -4.76. The first kappa shape index (κ1) is 18.5. The van der Waals surface area contributed by atoms with Crippen LogP contribution in [0.5, 0.6) is 5.75 Å². The summed E-state index contributed by atoms with van der Waals surface area (Å²) in [5, 5.41) is 9.85. The third-order valence-corrected chi connectivity index (χ3v) is 4.01. The number of carboxylic acids is 1. The predicted molar refractivity (Wildman–Crippen MR) is 92.0 cm³/mol. The van der Waals surface area contributed by atoms with Gasteiger partial charge in [-0.1, -0.05) is 30.3 Å². The number of pyridine rings is 1. The molecule has 1 N–H and O–H groups in total. The van der Waals surface area contributed by atoms with Gasteiger partial charge in [0.2, 0.25) is 0 Å². The summed E-state index contributed by atoms with van der Waals surface area (Å²) < 4.78 is 41.8. The summed E-state index contributed by atoms with van der Waals surface area (Å²) in [5.41, 5.74) is 0.312. The van der Waals surface area contributed by atoms with E-state index in [0.29, 0.717) is 22.9 Å². The van der Waals surface area contributed by atoms with E-state index in [2.05, 4.69) is 4.74 Å². The van der Waals surface area contributed by atoms with Gasteiger partial charge in [-0.3, -0.25) is 4.79 Å². The summed E-state index contributed by atoms with van der Waals surface area (Å²) in [4.78, 5) is 23.8.